The normalized spacial score (nSPS) is 9.93. The Bertz CT molecular complexity index is 334. The van der Waals surface area contributed by atoms with Gasteiger partial charge in [0.25, 0.3) is 0 Å². The van der Waals surface area contributed by atoms with E-state index in [1.54, 1.807) is 0 Å². The molecule has 0 unspecified atom stereocenters. The van der Waals surface area contributed by atoms with Crippen LogP contribution in [0.25, 0.3) is 0 Å². The molecule has 3 heteroatoms. The molecule has 0 fully saturated rings. The van der Waals surface area contributed by atoms with Gasteiger partial charge < -0.3 is 4.74 Å². The van der Waals surface area contributed by atoms with E-state index in [-0.39, 0.29) is 12.4 Å². The van der Waals surface area contributed by atoms with E-state index < -0.39 is 0 Å². The zero-order chi connectivity index (χ0) is 10.6. The fourth-order valence-corrected chi connectivity index (χ4v) is 1.40. The van der Waals surface area contributed by atoms with E-state index in [1.165, 1.54) is 12.7 Å². The van der Waals surface area contributed by atoms with Crippen LogP contribution in [0.1, 0.15) is 18.1 Å². The zero-order valence-electron chi connectivity index (χ0n) is 8.34. The summed E-state index contributed by atoms with van der Waals surface area (Å²) in [4.78, 5) is 11.1. The number of rotatable bonds is 3. The number of hydrogen-bond acceptors (Lipinski definition) is 2. The third kappa shape index (κ3) is 2.74. The van der Waals surface area contributed by atoms with Crippen LogP contribution in [0.4, 0.5) is 0 Å². The van der Waals surface area contributed by atoms with Crippen LogP contribution < -0.4 is 0 Å². The molecule has 0 aliphatic carbocycles. The molecule has 0 amide bonds. The van der Waals surface area contributed by atoms with Crippen molar-refractivity contribution in [2.24, 2.45) is 0 Å². The second kappa shape index (κ2) is 5.01. The molecule has 0 saturated heterocycles. The Morgan fingerprint density at radius 1 is 1.50 bits per heavy atom. The number of halogens is 1. The maximum atomic E-state index is 11.1. The van der Waals surface area contributed by atoms with E-state index in [1.807, 2.05) is 18.2 Å². The number of aryl methyl sites for hydroxylation is 1. The summed E-state index contributed by atoms with van der Waals surface area (Å²) in [6, 6.07) is 5.72. The topological polar surface area (TPSA) is 26.3 Å². The number of ether oxygens (including phenoxy) is 1. The van der Waals surface area contributed by atoms with Crippen molar-refractivity contribution in [3.05, 3.63) is 34.3 Å². The number of carbonyl (C=O) groups excluding carboxylic acids is 1. The van der Waals surface area contributed by atoms with E-state index in [4.69, 9.17) is 11.6 Å². The molecule has 1 aromatic carbocycles. The quantitative estimate of drug-likeness (QED) is 0.720. The molecule has 0 spiro atoms. The van der Waals surface area contributed by atoms with Gasteiger partial charge in [0.2, 0.25) is 0 Å². The molecule has 0 aromatic heterocycles. The summed E-state index contributed by atoms with van der Waals surface area (Å²) in [5.41, 5.74) is 2.01. The van der Waals surface area contributed by atoms with Gasteiger partial charge >= 0.3 is 5.97 Å². The number of hydrogen-bond donors (Lipinski definition) is 0. The lowest BCUT2D eigenvalue weighted by Gasteiger charge is -2.05. The van der Waals surface area contributed by atoms with Crippen LogP contribution in [0.2, 0.25) is 5.02 Å². The van der Waals surface area contributed by atoms with Crippen LogP contribution in [-0.2, 0) is 22.4 Å². The van der Waals surface area contributed by atoms with Gasteiger partial charge in [0.05, 0.1) is 13.5 Å². The third-order valence-electron chi connectivity index (χ3n) is 2.08. The van der Waals surface area contributed by atoms with Crippen molar-refractivity contribution >= 4 is 17.6 Å². The fourth-order valence-electron chi connectivity index (χ4n) is 1.21. The Labute approximate surface area is 88.8 Å². The molecular formula is C11H13ClO2. The second-order valence-corrected chi connectivity index (χ2v) is 3.44. The minimum absolute atomic E-state index is 0.239. The zero-order valence-corrected chi connectivity index (χ0v) is 9.10. The van der Waals surface area contributed by atoms with Gasteiger partial charge in [0.1, 0.15) is 0 Å². The molecule has 0 atom stereocenters. The van der Waals surface area contributed by atoms with E-state index in [0.717, 1.165) is 12.0 Å². The van der Waals surface area contributed by atoms with Crippen molar-refractivity contribution in [1.29, 1.82) is 0 Å². The molecule has 0 bridgehead atoms. The van der Waals surface area contributed by atoms with Gasteiger partial charge in [-0.05, 0) is 23.6 Å². The first-order valence-corrected chi connectivity index (χ1v) is 4.89. The van der Waals surface area contributed by atoms with Crippen molar-refractivity contribution in [1.82, 2.24) is 0 Å². The van der Waals surface area contributed by atoms with Gasteiger partial charge in [0, 0.05) is 5.02 Å². The smallest absolute Gasteiger partial charge is 0.310 e. The Hall–Kier alpha value is -1.02. The SMILES string of the molecule is CCc1ccc(Cl)c(CC(=O)OC)c1. The van der Waals surface area contributed by atoms with E-state index in [9.17, 15) is 4.79 Å². The molecule has 76 valence electrons. The maximum absolute atomic E-state index is 11.1. The van der Waals surface area contributed by atoms with Gasteiger partial charge in [-0.3, -0.25) is 4.79 Å². The minimum atomic E-state index is -0.264. The standard InChI is InChI=1S/C11H13ClO2/c1-3-8-4-5-10(12)9(6-8)7-11(13)14-2/h4-6H,3,7H2,1-2H3. The number of benzene rings is 1. The van der Waals surface area contributed by atoms with Crippen LogP contribution in [0.3, 0.4) is 0 Å². The van der Waals surface area contributed by atoms with Crippen LogP contribution >= 0.6 is 11.6 Å². The lowest BCUT2D eigenvalue weighted by atomic mass is 10.1. The average molecular weight is 213 g/mol. The monoisotopic (exact) mass is 212 g/mol. The predicted octanol–water partition coefficient (Wildman–Crippen LogP) is 2.62. The van der Waals surface area contributed by atoms with Crippen LogP contribution in [-0.4, -0.2) is 13.1 Å². The van der Waals surface area contributed by atoms with E-state index in [0.29, 0.717) is 5.02 Å². The average Bonchev–Trinajstić information content (AvgIpc) is 2.21. The molecule has 1 rings (SSSR count). The summed E-state index contributed by atoms with van der Waals surface area (Å²) in [5.74, 6) is -0.264. The van der Waals surface area contributed by atoms with Crippen molar-refractivity contribution in [3.8, 4) is 0 Å². The summed E-state index contributed by atoms with van der Waals surface area (Å²) >= 11 is 5.95. The summed E-state index contributed by atoms with van der Waals surface area (Å²) < 4.78 is 4.59. The van der Waals surface area contributed by atoms with Crippen LogP contribution in [0, 0.1) is 0 Å². The highest BCUT2D eigenvalue weighted by Gasteiger charge is 2.07. The Balaban J connectivity index is 2.89. The first-order valence-electron chi connectivity index (χ1n) is 4.51. The summed E-state index contributed by atoms with van der Waals surface area (Å²) in [6.07, 6.45) is 1.18. The van der Waals surface area contributed by atoms with Gasteiger partial charge in [-0.1, -0.05) is 30.7 Å². The Morgan fingerprint density at radius 2 is 2.21 bits per heavy atom. The fraction of sp³-hybridized carbons (Fsp3) is 0.364. The molecule has 0 aliphatic rings. The Kier molecular flexibility index (Phi) is 3.96. The number of carbonyl (C=O) groups is 1. The summed E-state index contributed by atoms with van der Waals surface area (Å²) in [6.45, 7) is 2.06. The van der Waals surface area contributed by atoms with Gasteiger partial charge in [-0.25, -0.2) is 0 Å². The molecule has 0 aliphatic heterocycles. The summed E-state index contributed by atoms with van der Waals surface area (Å²) in [7, 11) is 1.37. The second-order valence-electron chi connectivity index (χ2n) is 3.03. The highest BCUT2D eigenvalue weighted by atomic mass is 35.5. The lowest BCUT2D eigenvalue weighted by molar-refractivity contribution is -0.139. The van der Waals surface area contributed by atoms with Crippen molar-refractivity contribution < 1.29 is 9.53 Å². The van der Waals surface area contributed by atoms with Gasteiger partial charge in [0.15, 0.2) is 0 Å². The molecule has 2 nitrogen and oxygen atoms in total. The number of methoxy groups -OCH3 is 1. The third-order valence-corrected chi connectivity index (χ3v) is 2.45. The van der Waals surface area contributed by atoms with Crippen molar-refractivity contribution in [2.45, 2.75) is 19.8 Å². The largest absolute Gasteiger partial charge is 0.469 e. The maximum Gasteiger partial charge on any atom is 0.310 e. The van der Waals surface area contributed by atoms with E-state index >= 15 is 0 Å². The predicted molar refractivity (Wildman–Crippen MR) is 56.6 cm³/mol. The molecular weight excluding hydrogens is 200 g/mol. The molecule has 0 heterocycles. The molecule has 14 heavy (non-hydrogen) atoms. The van der Waals surface area contributed by atoms with Crippen LogP contribution in [0.5, 0.6) is 0 Å². The first-order chi connectivity index (χ1) is 6.67. The first kappa shape index (κ1) is 11.1. The molecule has 1 aromatic rings. The lowest BCUT2D eigenvalue weighted by Crippen LogP contribution is -2.05. The van der Waals surface area contributed by atoms with Crippen molar-refractivity contribution in [3.63, 3.8) is 0 Å². The van der Waals surface area contributed by atoms with Crippen LogP contribution in [0.15, 0.2) is 18.2 Å². The van der Waals surface area contributed by atoms with Gasteiger partial charge in [-0.15, -0.1) is 0 Å². The minimum Gasteiger partial charge on any atom is -0.469 e. The van der Waals surface area contributed by atoms with Crippen molar-refractivity contribution in [2.75, 3.05) is 7.11 Å². The molecule has 0 saturated carbocycles. The Morgan fingerprint density at radius 3 is 2.79 bits per heavy atom. The highest BCUT2D eigenvalue weighted by Crippen LogP contribution is 2.18. The highest BCUT2D eigenvalue weighted by molar-refractivity contribution is 6.31. The summed E-state index contributed by atoms with van der Waals surface area (Å²) in [5, 5.41) is 0.618. The molecule has 0 N–H and O–H groups in total. The molecule has 0 radical (unpaired) electrons. The number of esters is 1. The van der Waals surface area contributed by atoms with Gasteiger partial charge in [-0.2, -0.15) is 0 Å². The van der Waals surface area contributed by atoms with E-state index in [2.05, 4.69) is 11.7 Å².